The van der Waals surface area contributed by atoms with E-state index in [-0.39, 0.29) is 4.47 Å². The van der Waals surface area contributed by atoms with Gasteiger partial charge in [0.05, 0.1) is 6.54 Å². The van der Waals surface area contributed by atoms with Crippen molar-refractivity contribution in [3.8, 4) is 5.88 Å². The van der Waals surface area contributed by atoms with Crippen molar-refractivity contribution in [1.82, 2.24) is 9.55 Å². The van der Waals surface area contributed by atoms with Gasteiger partial charge in [0.15, 0.2) is 0 Å². The normalized spacial score (nSPS) is 14.1. The van der Waals surface area contributed by atoms with E-state index in [0.717, 1.165) is 0 Å². The third kappa shape index (κ3) is 0.911. The summed E-state index contributed by atoms with van der Waals surface area (Å²) in [5.74, 6) is 0.323. The molecule has 0 aliphatic carbocycles. The first-order valence-electron chi connectivity index (χ1n) is 3.35. The quantitative estimate of drug-likeness (QED) is 0.668. The summed E-state index contributed by atoms with van der Waals surface area (Å²) in [6, 6.07) is 0. The van der Waals surface area contributed by atoms with E-state index in [1.165, 1.54) is 4.57 Å². The first-order chi connectivity index (χ1) is 5.70. The summed E-state index contributed by atoms with van der Waals surface area (Å²) < 4.78 is 6.74. The summed E-state index contributed by atoms with van der Waals surface area (Å²) in [7, 11) is 0. The van der Waals surface area contributed by atoms with Crippen molar-refractivity contribution >= 4 is 15.9 Å². The molecule has 1 aromatic rings. The lowest BCUT2D eigenvalue weighted by atomic mass is 10.6. The number of rotatable bonds is 0. The van der Waals surface area contributed by atoms with Crippen LogP contribution in [0.25, 0.3) is 0 Å². The Morgan fingerprint density at radius 1 is 1.50 bits per heavy atom. The average molecular weight is 233 g/mol. The molecule has 2 rings (SSSR count). The second-order valence-electron chi connectivity index (χ2n) is 2.38. The zero-order valence-electron chi connectivity index (χ0n) is 5.96. The predicted molar refractivity (Wildman–Crippen MR) is 44.5 cm³/mol. The van der Waals surface area contributed by atoms with Crippen LogP contribution in [0.3, 0.4) is 0 Å². The van der Waals surface area contributed by atoms with Gasteiger partial charge in [0, 0.05) is 0 Å². The van der Waals surface area contributed by atoms with E-state index in [9.17, 15) is 9.59 Å². The monoisotopic (exact) mass is 232 g/mol. The molecule has 5 nitrogen and oxygen atoms in total. The van der Waals surface area contributed by atoms with Crippen LogP contribution in [0.5, 0.6) is 5.88 Å². The molecule has 0 fully saturated rings. The second-order valence-corrected chi connectivity index (χ2v) is 3.17. The SMILES string of the molecule is O=c1[nH]c(=O)n2c(c1Br)OCC2. The van der Waals surface area contributed by atoms with Crippen molar-refractivity contribution < 1.29 is 4.74 Å². The van der Waals surface area contributed by atoms with E-state index in [4.69, 9.17) is 4.74 Å². The maximum atomic E-state index is 11.1. The fourth-order valence-corrected chi connectivity index (χ4v) is 1.53. The molecule has 0 spiro atoms. The van der Waals surface area contributed by atoms with Crippen molar-refractivity contribution in [3.63, 3.8) is 0 Å². The number of aromatic nitrogens is 2. The molecular weight excluding hydrogens is 228 g/mol. The van der Waals surface area contributed by atoms with Gasteiger partial charge in [-0.05, 0) is 15.9 Å². The molecule has 1 aliphatic heterocycles. The van der Waals surface area contributed by atoms with Gasteiger partial charge >= 0.3 is 5.69 Å². The first-order valence-corrected chi connectivity index (χ1v) is 4.15. The highest BCUT2D eigenvalue weighted by Crippen LogP contribution is 2.21. The molecule has 1 aliphatic rings. The molecular formula is C6H5BrN2O3. The zero-order chi connectivity index (χ0) is 8.72. The van der Waals surface area contributed by atoms with Crippen LogP contribution in [-0.2, 0) is 6.54 Å². The third-order valence-electron chi connectivity index (χ3n) is 1.65. The lowest BCUT2D eigenvalue weighted by Gasteiger charge is -1.99. The van der Waals surface area contributed by atoms with E-state index >= 15 is 0 Å². The molecule has 0 unspecified atom stereocenters. The number of nitrogens with one attached hydrogen (secondary N) is 1. The molecule has 64 valence electrons. The van der Waals surface area contributed by atoms with Crippen LogP contribution in [0.4, 0.5) is 0 Å². The molecule has 0 amide bonds. The summed E-state index contributed by atoms with van der Waals surface area (Å²) in [5.41, 5.74) is -0.871. The van der Waals surface area contributed by atoms with E-state index in [1.807, 2.05) is 0 Å². The van der Waals surface area contributed by atoms with E-state index in [1.54, 1.807) is 0 Å². The number of fused-ring (bicyclic) bond motifs is 1. The molecule has 6 heteroatoms. The van der Waals surface area contributed by atoms with Gasteiger partial charge in [-0.2, -0.15) is 0 Å². The Hall–Kier alpha value is -1.04. The topological polar surface area (TPSA) is 64.1 Å². The number of nitrogens with zero attached hydrogens (tertiary/aromatic N) is 1. The van der Waals surface area contributed by atoms with Crippen LogP contribution >= 0.6 is 15.9 Å². The number of ether oxygens (including phenoxy) is 1. The molecule has 0 atom stereocenters. The van der Waals surface area contributed by atoms with Crippen LogP contribution in [0.15, 0.2) is 14.1 Å². The van der Waals surface area contributed by atoms with Crippen molar-refractivity contribution in [3.05, 3.63) is 25.3 Å². The second kappa shape index (κ2) is 2.48. The van der Waals surface area contributed by atoms with Crippen molar-refractivity contribution in [2.24, 2.45) is 0 Å². The van der Waals surface area contributed by atoms with E-state index < -0.39 is 11.2 Å². The molecule has 12 heavy (non-hydrogen) atoms. The Morgan fingerprint density at radius 2 is 2.25 bits per heavy atom. The highest BCUT2D eigenvalue weighted by molar-refractivity contribution is 9.10. The Bertz CT molecular complexity index is 433. The maximum absolute atomic E-state index is 11.1. The average Bonchev–Trinajstić information content (AvgIpc) is 2.48. The molecule has 0 bridgehead atoms. The molecule has 1 aromatic heterocycles. The zero-order valence-corrected chi connectivity index (χ0v) is 7.55. The molecule has 0 radical (unpaired) electrons. The highest BCUT2D eigenvalue weighted by atomic mass is 79.9. The highest BCUT2D eigenvalue weighted by Gasteiger charge is 2.18. The largest absolute Gasteiger partial charge is 0.476 e. The number of hydrogen-bond acceptors (Lipinski definition) is 3. The van der Waals surface area contributed by atoms with Gasteiger partial charge in [0.2, 0.25) is 5.88 Å². The van der Waals surface area contributed by atoms with Gasteiger partial charge in [-0.25, -0.2) is 4.79 Å². The predicted octanol–water partition coefficient (Wildman–Crippen LogP) is -0.309. The Balaban J connectivity index is 2.87. The van der Waals surface area contributed by atoms with E-state index in [2.05, 4.69) is 20.9 Å². The maximum Gasteiger partial charge on any atom is 0.331 e. The fraction of sp³-hybridized carbons (Fsp3) is 0.333. The van der Waals surface area contributed by atoms with Gasteiger partial charge in [0.25, 0.3) is 5.56 Å². The molecule has 0 saturated carbocycles. The summed E-state index contributed by atoms with van der Waals surface area (Å²) in [4.78, 5) is 24.3. The summed E-state index contributed by atoms with van der Waals surface area (Å²) in [6.45, 7) is 0.925. The van der Waals surface area contributed by atoms with Crippen LogP contribution < -0.4 is 16.0 Å². The van der Waals surface area contributed by atoms with Gasteiger partial charge in [-0.15, -0.1) is 0 Å². The number of halogens is 1. The molecule has 2 heterocycles. The van der Waals surface area contributed by atoms with Crippen LogP contribution in [-0.4, -0.2) is 16.2 Å². The van der Waals surface area contributed by atoms with Crippen LogP contribution in [0.2, 0.25) is 0 Å². The van der Waals surface area contributed by atoms with Crippen molar-refractivity contribution in [1.29, 1.82) is 0 Å². The summed E-state index contributed by atoms with van der Waals surface area (Å²) in [5, 5.41) is 0. The molecule has 1 N–H and O–H groups in total. The van der Waals surface area contributed by atoms with E-state index in [0.29, 0.717) is 19.0 Å². The number of hydrogen-bond donors (Lipinski definition) is 1. The lowest BCUT2D eigenvalue weighted by molar-refractivity contribution is 0.354. The van der Waals surface area contributed by atoms with Crippen molar-refractivity contribution in [2.45, 2.75) is 6.54 Å². The van der Waals surface area contributed by atoms with Gasteiger partial charge in [-0.3, -0.25) is 14.3 Å². The Labute approximate surface area is 75.1 Å². The minimum absolute atomic E-state index is 0.277. The fourth-order valence-electron chi connectivity index (χ4n) is 1.11. The minimum Gasteiger partial charge on any atom is -0.476 e. The number of H-pyrrole nitrogens is 1. The molecule has 0 saturated heterocycles. The Morgan fingerprint density at radius 3 is 3.00 bits per heavy atom. The van der Waals surface area contributed by atoms with Crippen LogP contribution in [0.1, 0.15) is 0 Å². The smallest absolute Gasteiger partial charge is 0.331 e. The van der Waals surface area contributed by atoms with Gasteiger partial charge < -0.3 is 4.74 Å². The van der Waals surface area contributed by atoms with Gasteiger partial charge in [-0.1, -0.05) is 0 Å². The van der Waals surface area contributed by atoms with Crippen LogP contribution in [0, 0.1) is 0 Å². The Kier molecular flexibility index (Phi) is 1.57. The van der Waals surface area contributed by atoms with Gasteiger partial charge in [0.1, 0.15) is 11.1 Å². The first kappa shape index (κ1) is 7.60. The summed E-state index contributed by atoms with van der Waals surface area (Å²) in [6.07, 6.45) is 0. The number of aromatic amines is 1. The lowest BCUT2D eigenvalue weighted by Crippen LogP contribution is -2.28. The van der Waals surface area contributed by atoms with Crippen molar-refractivity contribution in [2.75, 3.05) is 6.61 Å². The summed E-state index contributed by atoms with van der Waals surface area (Å²) >= 11 is 3.04. The standard InChI is InChI=1S/C6H5BrN2O3/c7-3-4(10)8-6(11)9-1-2-12-5(3)9/h1-2H2,(H,8,10,11). The molecule has 0 aromatic carbocycles. The minimum atomic E-state index is -0.451. The third-order valence-corrected chi connectivity index (χ3v) is 2.35.